The lowest BCUT2D eigenvalue weighted by atomic mass is 9.93. The predicted octanol–water partition coefficient (Wildman–Crippen LogP) is 3.47. The van der Waals surface area contributed by atoms with E-state index >= 15 is 0 Å². The van der Waals surface area contributed by atoms with Gasteiger partial charge < -0.3 is 5.11 Å². The molecule has 1 aromatic rings. The van der Waals surface area contributed by atoms with Crippen LogP contribution in [-0.2, 0) is 4.79 Å². The van der Waals surface area contributed by atoms with Crippen molar-refractivity contribution in [3.8, 4) is 0 Å². The molecule has 1 aromatic carbocycles. The summed E-state index contributed by atoms with van der Waals surface area (Å²) in [4.78, 5) is 13.2. The first-order valence-corrected chi connectivity index (χ1v) is 6.82. The molecule has 0 aromatic heterocycles. The maximum absolute atomic E-state index is 11.3. The van der Waals surface area contributed by atoms with Gasteiger partial charge in [0.15, 0.2) is 0 Å². The molecule has 0 saturated carbocycles. The quantitative estimate of drug-likeness (QED) is 0.884. The van der Waals surface area contributed by atoms with Crippen molar-refractivity contribution < 1.29 is 9.90 Å². The molecule has 0 aliphatic rings. The van der Waals surface area contributed by atoms with Gasteiger partial charge in [0.25, 0.3) is 0 Å². The number of likely N-dealkylation sites (N-methyl/N-ethyl adjacent to an activating group) is 1. The van der Waals surface area contributed by atoms with Crippen LogP contribution in [0.4, 0.5) is 0 Å². The fraction of sp³-hybridized carbons (Fsp3) is 0.562. The van der Waals surface area contributed by atoms with E-state index in [0.29, 0.717) is 6.42 Å². The molecule has 3 nitrogen and oxygen atoms in total. The first-order chi connectivity index (χ1) is 8.79. The van der Waals surface area contributed by atoms with Gasteiger partial charge >= 0.3 is 5.97 Å². The van der Waals surface area contributed by atoms with Gasteiger partial charge in [-0.2, -0.15) is 0 Å². The number of rotatable bonds is 5. The minimum Gasteiger partial charge on any atom is -0.480 e. The highest BCUT2D eigenvalue weighted by Gasteiger charge is 2.26. The van der Waals surface area contributed by atoms with Crippen LogP contribution in [0.3, 0.4) is 0 Å². The van der Waals surface area contributed by atoms with Gasteiger partial charge in [-0.1, -0.05) is 24.6 Å². The number of aliphatic carboxylic acids is 1. The highest BCUT2D eigenvalue weighted by atomic mass is 16.4. The first-order valence-electron chi connectivity index (χ1n) is 6.82. The van der Waals surface area contributed by atoms with E-state index in [-0.39, 0.29) is 6.04 Å². The Morgan fingerprint density at radius 2 is 1.74 bits per heavy atom. The maximum atomic E-state index is 11.3. The van der Waals surface area contributed by atoms with E-state index in [1.165, 1.54) is 22.3 Å². The van der Waals surface area contributed by atoms with Gasteiger partial charge in [0.05, 0.1) is 0 Å². The maximum Gasteiger partial charge on any atom is 0.320 e. The third-order valence-electron chi connectivity index (χ3n) is 3.93. The number of hydrogen-bond acceptors (Lipinski definition) is 2. The van der Waals surface area contributed by atoms with Crippen molar-refractivity contribution in [3.05, 3.63) is 34.4 Å². The predicted molar refractivity (Wildman–Crippen MR) is 78.5 cm³/mol. The van der Waals surface area contributed by atoms with E-state index in [1.54, 1.807) is 0 Å². The van der Waals surface area contributed by atoms with Gasteiger partial charge in [-0.05, 0) is 57.9 Å². The van der Waals surface area contributed by atoms with Crippen LogP contribution in [0.25, 0.3) is 0 Å². The summed E-state index contributed by atoms with van der Waals surface area (Å²) in [6, 6.07) is 3.99. The SMILES string of the molecule is CCC(C(=O)O)N(C)C(C)c1c(C)cc(C)cc1C. The fourth-order valence-electron chi connectivity index (χ4n) is 2.96. The van der Waals surface area contributed by atoms with E-state index in [4.69, 9.17) is 0 Å². The van der Waals surface area contributed by atoms with Crippen molar-refractivity contribution in [1.29, 1.82) is 0 Å². The number of carbonyl (C=O) groups is 1. The lowest BCUT2D eigenvalue weighted by Crippen LogP contribution is -2.39. The summed E-state index contributed by atoms with van der Waals surface area (Å²) in [6.07, 6.45) is 0.611. The number of carboxylic acid groups (broad SMARTS) is 1. The summed E-state index contributed by atoms with van der Waals surface area (Å²) in [5, 5.41) is 9.28. The Morgan fingerprint density at radius 3 is 2.11 bits per heavy atom. The van der Waals surface area contributed by atoms with Crippen LogP contribution < -0.4 is 0 Å². The minimum absolute atomic E-state index is 0.0987. The molecule has 106 valence electrons. The lowest BCUT2D eigenvalue weighted by molar-refractivity contribution is -0.143. The molecule has 0 heterocycles. The van der Waals surface area contributed by atoms with Crippen molar-refractivity contribution in [1.82, 2.24) is 4.90 Å². The number of hydrogen-bond donors (Lipinski definition) is 1. The number of aryl methyl sites for hydroxylation is 3. The molecule has 0 radical (unpaired) electrons. The molecule has 0 aliphatic heterocycles. The average molecular weight is 263 g/mol. The molecule has 0 spiro atoms. The monoisotopic (exact) mass is 263 g/mol. The summed E-state index contributed by atoms with van der Waals surface area (Å²) < 4.78 is 0. The van der Waals surface area contributed by atoms with Gasteiger partial charge in [-0.3, -0.25) is 9.69 Å². The largest absolute Gasteiger partial charge is 0.480 e. The Morgan fingerprint density at radius 1 is 1.26 bits per heavy atom. The zero-order chi connectivity index (χ0) is 14.7. The van der Waals surface area contributed by atoms with Crippen LogP contribution in [-0.4, -0.2) is 29.1 Å². The van der Waals surface area contributed by atoms with Gasteiger partial charge in [0.1, 0.15) is 6.04 Å². The van der Waals surface area contributed by atoms with Crippen LogP contribution in [0.2, 0.25) is 0 Å². The van der Waals surface area contributed by atoms with Gasteiger partial charge in [-0.25, -0.2) is 0 Å². The standard InChI is InChI=1S/C16H25NO2/c1-7-14(16(18)19)17(6)13(5)15-11(3)8-10(2)9-12(15)4/h8-9,13-14H,7H2,1-6H3,(H,18,19). The Kier molecular flexibility index (Phi) is 5.12. The number of carboxylic acids is 1. The van der Waals surface area contributed by atoms with Crippen LogP contribution >= 0.6 is 0 Å². The third-order valence-corrected chi connectivity index (χ3v) is 3.93. The first kappa shape index (κ1) is 15.7. The molecule has 3 heteroatoms. The highest BCUT2D eigenvalue weighted by Crippen LogP contribution is 2.28. The summed E-state index contributed by atoms with van der Waals surface area (Å²) in [6.45, 7) is 10.3. The summed E-state index contributed by atoms with van der Waals surface area (Å²) in [5.41, 5.74) is 4.96. The zero-order valence-corrected chi connectivity index (χ0v) is 12.8. The molecule has 0 fully saturated rings. The molecule has 0 aliphatic carbocycles. The van der Waals surface area contributed by atoms with Crippen LogP contribution in [0.1, 0.15) is 48.6 Å². The zero-order valence-electron chi connectivity index (χ0n) is 12.8. The van der Waals surface area contributed by atoms with E-state index in [0.717, 1.165) is 0 Å². The smallest absolute Gasteiger partial charge is 0.320 e. The van der Waals surface area contributed by atoms with E-state index < -0.39 is 12.0 Å². The summed E-state index contributed by atoms with van der Waals surface area (Å²) >= 11 is 0. The third kappa shape index (κ3) is 3.35. The average Bonchev–Trinajstić information content (AvgIpc) is 2.27. The van der Waals surface area contributed by atoms with Crippen molar-refractivity contribution in [2.45, 2.75) is 53.1 Å². The molecule has 1 rings (SSSR count). The van der Waals surface area contributed by atoms with Crippen molar-refractivity contribution in [2.75, 3.05) is 7.05 Å². The van der Waals surface area contributed by atoms with Gasteiger partial charge in [0.2, 0.25) is 0 Å². The molecule has 2 atom stereocenters. The summed E-state index contributed by atoms with van der Waals surface area (Å²) in [5.74, 6) is -0.751. The minimum atomic E-state index is -0.751. The topological polar surface area (TPSA) is 40.5 Å². The van der Waals surface area contributed by atoms with Crippen molar-refractivity contribution >= 4 is 5.97 Å². The number of nitrogens with zero attached hydrogens (tertiary/aromatic N) is 1. The van der Waals surface area contributed by atoms with Crippen LogP contribution in [0, 0.1) is 20.8 Å². The molecule has 0 bridgehead atoms. The van der Waals surface area contributed by atoms with E-state index in [9.17, 15) is 9.90 Å². The Balaban J connectivity index is 3.13. The molecule has 0 saturated heterocycles. The second kappa shape index (κ2) is 6.20. The van der Waals surface area contributed by atoms with Crippen molar-refractivity contribution in [2.24, 2.45) is 0 Å². The molecule has 1 N–H and O–H groups in total. The fourth-order valence-corrected chi connectivity index (χ4v) is 2.96. The molecular formula is C16H25NO2. The molecular weight excluding hydrogens is 238 g/mol. The second-order valence-corrected chi connectivity index (χ2v) is 5.42. The Bertz CT molecular complexity index is 445. The lowest BCUT2D eigenvalue weighted by Gasteiger charge is -2.32. The van der Waals surface area contributed by atoms with Gasteiger partial charge in [-0.15, -0.1) is 0 Å². The van der Waals surface area contributed by atoms with Crippen molar-refractivity contribution in [3.63, 3.8) is 0 Å². The second-order valence-electron chi connectivity index (χ2n) is 5.42. The number of benzene rings is 1. The van der Waals surface area contributed by atoms with Crippen LogP contribution in [0.5, 0.6) is 0 Å². The molecule has 2 unspecified atom stereocenters. The van der Waals surface area contributed by atoms with E-state index in [2.05, 4.69) is 39.8 Å². The van der Waals surface area contributed by atoms with Gasteiger partial charge in [0, 0.05) is 6.04 Å². The van der Waals surface area contributed by atoms with Crippen LogP contribution in [0.15, 0.2) is 12.1 Å². The summed E-state index contributed by atoms with van der Waals surface area (Å²) in [7, 11) is 1.89. The molecule has 19 heavy (non-hydrogen) atoms. The normalized spacial score (nSPS) is 14.5. The Labute approximate surface area is 116 Å². The van der Waals surface area contributed by atoms with E-state index in [1.807, 2.05) is 18.9 Å². The highest BCUT2D eigenvalue weighted by molar-refractivity contribution is 5.73. The molecule has 0 amide bonds. The Hall–Kier alpha value is -1.35.